The second-order valence-corrected chi connectivity index (χ2v) is 4.00. The van der Waals surface area contributed by atoms with Crippen LogP contribution in [0, 0.1) is 5.82 Å². The molecule has 0 aromatic heterocycles. The van der Waals surface area contributed by atoms with E-state index in [1.54, 1.807) is 17.0 Å². The molecule has 1 atom stereocenters. The number of carbonyl (C=O) groups is 1. The molecule has 0 aliphatic carbocycles. The standard InChI is InChI=1S/C13H19FN2O/c1-3-12(15)13(17)16(4-2)9-10-6-5-7-11(14)8-10/h5-8,12H,3-4,9,15H2,1-2H3/t12-/m0/s1. The number of benzene rings is 1. The highest BCUT2D eigenvalue weighted by Gasteiger charge is 2.18. The number of amides is 1. The summed E-state index contributed by atoms with van der Waals surface area (Å²) >= 11 is 0. The van der Waals surface area contributed by atoms with Gasteiger partial charge in [0.2, 0.25) is 5.91 Å². The van der Waals surface area contributed by atoms with Crippen LogP contribution < -0.4 is 5.73 Å². The SMILES string of the molecule is CC[C@H](N)C(=O)N(CC)Cc1cccc(F)c1. The van der Waals surface area contributed by atoms with Crippen molar-refractivity contribution in [1.82, 2.24) is 4.90 Å². The first kappa shape index (κ1) is 13.6. The van der Waals surface area contributed by atoms with E-state index in [0.717, 1.165) is 5.56 Å². The van der Waals surface area contributed by atoms with Crippen LogP contribution >= 0.6 is 0 Å². The van der Waals surface area contributed by atoms with Crippen molar-refractivity contribution in [3.63, 3.8) is 0 Å². The van der Waals surface area contributed by atoms with Crippen LogP contribution in [-0.2, 0) is 11.3 Å². The molecule has 0 spiro atoms. The van der Waals surface area contributed by atoms with E-state index in [2.05, 4.69) is 0 Å². The van der Waals surface area contributed by atoms with Crippen molar-refractivity contribution >= 4 is 5.91 Å². The predicted octanol–water partition coefficient (Wildman–Crippen LogP) is 1.91. The molecular formula is C13H19FN2O. The number of nitrogens with zero attached hydrogens (tertiary/aromatic N) is 1. The fourth-order valence-electron chi connectivity index (χ4n) is 1.61. The Labute approximate surface area is 101 Å². The minimum Gasteiger partial charge on any atom is -0.337 e. The summed E-state index contributed by atoms with van der Waals surface area (Å²) in [5, 5.41) is 0. The van der Waals surface area contributed by atoms with Gasteiger partial charge in [-0.1, -0.05) is 19.1 Å². The smallest absolute Gasteiger partial charge is 0.239 e. The third-order valence-corrected chi connectivity index (χ3v) is 2.71. The van der Waals surface area contributed by atoms with Crippen LogP contribution in [0.5, 0.6) is 0 Å². The molecule has 3 nitrogen and oxygen atoms in total. The lowest BCUT2D eigenvalue weighted by Crippen LogP contribution is -2.42. The first-order valence-electron chi connectivity index (χ1n) is 5.87. The van der Waals surface area contributed by atoms with Gasteiger partial charge in [0.15, 0.2) is 0 Å². The number of hydrogen-bond acceptors (Lipinski definition) is 2. The molecule has 0 bridgehead atoms. The zero-order valence-electron chi connectivity index (χ0n) is 10.3. The molecule has 17 heavy (non-hydrogen) atoms. The van der Waals surface area contributed by atoms with Crippen LogP contribution in [0.25, 0.3) is 0 Å². The van der Waals surface area contributed by atoms with Crippen molar-refractivity contribution in [3.8, 4) is 0 Å². The first-order valence-corrected chi connectivity index (χ1v) is 5.87. The summed E-state index contributed by atoms with van der Waals surface area (Å²) in [4.78, 5) is 13.5. The summed E-state index contributed by atoms with van der Waals surface area (Å²) in [6.45, 7) is 4.74. The number of halogens is 1. The summed E-state index contributed by atoms with van der Waals surface area (Å²) in [7, 11) is 0. The average Bonchev–Trinajstić information content (AvgIpc) is 2.34. The van der Waals surface area contributed by atoms with Gasteiger partial charge in [-0.15, -0.1) is 0 Å². The molecule has 1 aromatic rings. The molecule has 2 N–H and O–H groups in total. The van der Waals surface area contributed by atoms with Gasteiger partial charge in [-0.2, -0.15) is 0 Å². The maximum atomic E-state index is 13.0. The number of carbonyl (C=O) groups excluding carboxylic acids is 1. The Morgan fingerprint density at radius 1 is 1.47 bits per heavy atom. The van der Waals surface area contributed by atoms with E-state index < -0.39 is 6.04 Å². The Balaban J connectivity index is 2.73. The largest absolute Gasteiger partial charge is 0.337 e. The van der Waals surface area contributed by atoms with E-state index in [1.165, 1.54) is 12.1 Å². The highest BCUT2D eigenvalue weighted by Crippen LogP contribution is 2.08. The number of rotatable bonds is 5. The molecule has 94 valence electrons. The van der Waals surface area contributed by atoms with Gasteiger partial charge >= 0.3 is 0 Å². The van der Waals surface area contributed by atoms with Crippen LogP contribution in [0.4, 0.5) is 4.39 Å². The maximum absolute atomic E-state index is 13.0. The van der Waals surface area contributed by atoms with Gasteiger partial charge in [0.05, 0.1) is 6.04 Å². The molecule has 0 aliphatic rings. The molecule has 0 heterocycles. The molecule has 0 saturated carbocycles. The van der Waals surface area contributed by atoms with E-state index in [9.17, 15) is 9.18 Å². The average molecular weight is 238 g/mol. The quantitative estimate of drug-likeness (QED) is 0.851. The lowest BCUT2D eigenvalue weighted by Gasteiger charge is -2.23. The van der Waals surface area contributed by atoms with Crippen LogP contribution in [-0.4, -0.2) is 23.4 Å². The Morgan fingerprint density at radius 2 is 2.18 bits per heavy atom. The lowest BCUT2D eigenvalue weighted by atomic mass is 10.1. The third-order valence-electron chi connectivity index (χ3n) is 2.71. The Hall–Kier alpha value is -1.42. The second kappa shape index (κ2) is 6.35. The van der Waals surface area contributed by atoms with E-state index >= 15 is 0 Å². The molecule has 4 heteroatoms. The second-order valence-electron chi connectivity index (χ2n) is 4.00. The van der Waals surface area contributed by atoms with Crippen molar-refractivity contribution in [1.29, 1.82) is 0 Å². The highest BCUT2D eigenvalue weighted by molar-refractivity contribution is 5.81. The Bertz CT molecular complexity index is 381. The monoisotopic (exact) mass is 238 g/mol. The summed E-state index contributed by atoms with van der Waals surface area (Å²) < 4.78 is 13.0. The fraction of sp³-hybridized carbons (Fsp3) is 0.462. The van der Waals surface area contributed by atoms with Crippen molar-refractivity contribution in [2.45, 2.75) is 32.9 Å². The Kier molecular flexibility index (Phi) is 5.10. The van der Waals surface area contributed by atoms with Crippen molar-refractivity contribution in [3.05, 3.63) is 35.6 Å². The van der Waals surface area contributed by atoms with Crippen molar-refractivity contribution in [2.75, 3.05) is 6.54 Å². The molecular weight excluding hydrogens is 219 g/mol. The van der Waals surface area contributed by atoms with Crippen LogP contribution in [0.1, 0.15) is 25.8 Å². The normalized spacial score (nSPS) is 12.2. The molecule has 0 aliphatic heterocycles. The fourth-order valence-corrected chi connectivity index (χ4v) is 1.61. The summed E-state index contributed by atoms with van der Waals surface area (Å²) in [6.07, 6.45) is 0.610. The number of likely N-dealkylation sites (N-methyl/N-ethyl adjacent to an activating group) is 1. The van der Waals surface area contributed by atoms with Gasteiger partial charge in [0.25, 0.3) is 0 Å². The van der Waals surface area contributed by atoms with E-state index in [0.29, 0.717) is 19.5 Å². The zero-order chi connectivity index (χ0) is 12.8. The topological polar surface area (TPSA) is 46.3 Å². The summed E-state index contributed by atoms with van der Waals surface area (Å²) in [5.74, 6) is -0.370. The van der Waals surface area contributed by atoms with E-state index in [-0.39, 0.29) is 11.7 Å². The molecule has 0 saturated heterocycles. The Morgan fingerprint density at radius 3 is 2.71 bits per heavy atom. The van der Waals surface area contributed by atoms with Crippen molar-refractivity contribution in [2.24, 2.45) is 5.73 Å². The highest BCUT2D eigenvalue weighted by atomic mass is 19.1. The first-order chi connectivity index (χ1) is 8.08. The molecule has 1 aromatic carbocycles. The van der Waals surface area contributed by atoms with Crippen LogP contribution in [0.15, 0.2) is 24.3 Å². The molecule has 0 unspecified atom stereocenters. The molecule has 0 fully saturated rings. The van der Waals surface area contributed by atoms with Crippen molar-refractivity contribution < 1.29 is 9.18 Å². The molecule has 1 rings (SSSR count). The molecule has 1 amide bonds. The van der Waals surface area contributed by atoms with Gasteiger partial charge in [-0.05, 0) is 31.0 Å². The van der Waals surface area contributed by atoms with Gasteiger partial charge < -0.3 is 10.6 Å². The molecule has 0 radical (unpaired) electrons. The van der Waals surface area contributed by atoms with Gasteiger partial charge in [-0.25, -0.2) is 4.39 Å². The maximum Gasteiger partial charge on any atom is 0.239 e. The lowest BCUT2D eigenvalue weighted by molar-refractivity contribution is -0.133. The van der Waals surface area contributed by atoms with Gasteiger partial charge in [0.1, 0.15) is 5.82 Å². The van der Waals surface area contributed by atoms with E-state index in [4.69, 9.17) is 5.73 Å². The van der Waals surface area contributed by atoms with Crippen LogP contribution in [0.2, 0.25) is 0 Å². The number of nitrogens with two attached hydrogens (primary N) is 1. The van der Waals surface area contributed by atoms with Gasteiger partial charge in [-0.3, -0.25) is 4.79 Å². The predicted molar refractivity (Wildman–Crippen MR) is 65.8 cm³/mol. The number of hydrogen-bond donors (Lipinski definition) is 1. The van der Waals surface area contributed by atoms with E-state index in [1.807, 2.05) is 13.8 Å². The minimum atomic E-state index is -0.469. The summed E-state index contributed by atoms with van der Waals surface area (Å²) in [5.41, 5.74) is 6.49. The third kappa shape index (κ3) is 3.82. The minimum absolute atomic E-state index is 0.0840. The summed E-state index contributed by atoms with van der Waals surface area (Å²) in [6, 6.07) is 5.80. The zero-order valence-corrected chi connectivity index (χ0v) is 10.3. The van der Waals surface area contributed by atoms with Crippen LogP contribution in [0.3, 0.4) is 0 Å². The van der Waals surface area contributed by atoms with Gasteiger partial charge in [0, 0.05) is 13.1 Å².